The van der Waals surface area contributed by atoms with Gasteiger partial charge >= 0.3 is 0 Å². The van der Waals surface area contributed by atoms with Crippen LogP contribution in [0.1, 0.15) is 32.6 Å². The number of carbonyl (C=O) groups excluding carboxylic acids is 1. The lowest BCUT2D eigenvalue weighted by Gasteiger charge is -2.27. The van der Waals surface area contributed by atoms with Crippen LogP contribution in [0.2, 0.25) is 0 Å². The zero-order valence-corrected chi connectivity index (χ0v) is 13.8. The molecule has 1 fully saturated rings. The van der Waals surface area contributed by atoms with Crippen LogP contribution in [0.25, 0.3) is 0 Å². The number of hydrogen-bond acceptors (Lipinski definition) is 3. The van der Waals surface area contributed by atoms with E-state index in [0.29, 0.717) is 0 Å². The molecule has 3 heteroatoms. The third kappa shape index (κ3) is 3.87. The fourth-order valence-corrected chi connectivity index (χ4v) is 3.14. The first-order chi connectivity index (χ1) is 11.1. The van der Waals surface area contributed by atoms with Crippen LogP contribution in [0, 0.1) is 13.8 Å². The van der Waals surface area contributed by atoms with E-state index in [1.165, 1.54) is 0 Å². The van der Waals surface area contributed by atoms with E-state index < -0.39 is 0 Å². The second kappa shape index (κ2) is 7.07. The van der Waals surface area contributed by atoms with Crippen molar-refractivity contribution in [2.45, 2.75) is 20.4 Å². The molecule has 1 aliphatic rings. The molecule has 120 valence electrons. The second-order valence-corrected chi connectivity index (χ2v) is 6.25. The Morgan fingerprint density at radius 1 is 1.04 bits per heavy atom. The topological polar surface area (TPSA) is 29.5 Å². The highest BCUT2D eigenvalue weighted by Crippen LogP contribution is 2.19. The van der Waals surface area contributed by atoms with Crippen molar-refractivity contribution in [3.63, 3.8) is 0 Å². The van der Waals surface area contributed by atoms with Crippen LogP contribution < -0.4 is 0 Å². The number of benzene rings is 2. The fourth-order valence-electron chi connectivity index (χ4n) is 3.14. The van der Waals surface area contributed by atoms with E-state index in [-0.39, 0.29) is 5.78 Å². The Hall–Kier alpha value is -1.97. The molecule has 0 unspecified atom stereocenters. The molecule has 3 rings (SSSR count). The molecule has 0 radical (unpaired) electrons. The molecule has 1 aliphatic heterocycles. The SMILES string of the molecule is Cc1cc(C)cc(C(=O)c2ccccc2CN2CCOCC2)c1. The van der Waals surface area contributed by atoms with Crippen molar-refractivity contribution >= 4 is 5.78 Å². The number of hydrogen-bond donors (Lipinski definition) is 0. The van der Waals surface area contributed by atoms with Gasteiger partial charge in [0.15, 0.2) is 5.78 Å². The van der Waals surface area contributed by atoms with Crippen molar-refractivity contribution in [3.05, 3.63) is 70.3 Å². The molecule has 0 atom stereocenters. The molecule has 0 spiro atoms. The van der Waals surface area contributed by atoms with Crippen LogP contribution in [-0.2, 0) is 11.3 Å². The first-order valence-electron chi connectivity index (χ1n) is 8.14. The molecule has 1 heterocycles. The van der Waals surface area contributed by atoms with E-state index >= 15 is 0 Å². The summed E-state index contributed by atoms with van der Waals surface area (Å²) in [6, 6.07) is 14.0. The van der Waals surface area contributed by atoms with Gasteiger partial charge in [-0.15, -0.1) is 0 Å². The third-order valence-corrected chi connectivity index (χ3v) is 4.24. The van der Waals surface area contributed by atoms with Crippen LogP contribution in [0.5, 0.6) is 0 Å². The van der Waals surface area contributed by atoms with Gasteiger partial charge in [0.25, 0.3) is 0 Å². The molecule has 2 aromatic carbocycles. The normalized spacial score (nSPS) is 15.6. The molecule has 3 nitrogen and oxygen atoms in total. The second-order valence-electron chi connectivity index (χ2n) is 6.25. The quantitative estimate of drug-likeness (QED) is 0.811. The summed E-state index contributed by atoms with van der Waals surface area (Å²) in [5.41, 5.74) is 4.93. The molecule has 0 aromatic heterocycles. The average Bonchev–Trinajstić information content (AvgIpc) is 2.55. The number of rotatable bonds is 4. The lowest BCUT2D eigenvalue weighted by molar-refractivity contribution is 0.0341. The predicted molar refractivity (Wildman–Crippen MR) is 91.9 cm³/mol. The Bertz CT molecular complexity index is 682. The number of morpholine rings is 1. The highest BCUT2D eigenvalue weighted by molar-refractivity contribution is 6.10. The smallest absolute Gasteiger partial charge is 0.193 e. The highest BCUT2D eigenvalue weighted by atomic mass is 16.5. The summed E-state index contributed by atoms with van der Waals surface area (Å²) in [7, 11) is 0. The zero-order valence-electron chi connectivity index (χ0n) is 13.8. The molecule has 1 saturated heterocycles. The maximum Gasteiger partial charge on any atom is 0.193 e. The zero-order chi connectivity index (χ0) is 16.2. The van der Waals surface area contributed by atoms with Crippen LogP contribution in [0.3, 0.4) is 0 Å². The number of carbonyl (C=O) groups is 1. The molecular formula is C20H23NO2. The Kier molecular flexibility index (Phi) is 4.89. The van der Waals surface area contributed by atoms with E-state index in [1.54, 1.807) is 0 Å². The number of nitrogens with zero attached hydrogens (tertiary/aromatic N) is 1. The minimum Gasteiger partial charge on any atom is -0.379 e. The fraction of sp³-hybridized carbons (Fsp3) is 0.350. The Labute approximate surface area is 137 Å². The van der Waals surface area contributed by atoms with Crippen molar-refractivity contribution in [1.82, 2.24) is 4.90 Å². The maximum absolute atomic E-state index is 13.0. The van der Waals surface area contributed by atoms with Crippen molar-refractivity contribution < 1.29 is 9.53 Å². The van der Waals surface area contributed by atoms with Gasteiger partial charge < -0.3 is 4.74 Å². The number of ether oxygens (including phenoxy) is 1. The summed E-state index contributed by atoms with van der Waals surface area (Å²) < 4.78 is 5.40. The lowest BCUT2D eigenvalue weighted by Crippen LogP contribution is -2.36. The van der Waals surface area contributed by atoms with Crippen molar-refractivity contribution in [1.29, 1.82) is 0 Å². The van der Waals surface area contributed by atoms with E-state index in [0.717, 1.165) is 60.7 Å². The summed E-state index contributed by atoms with van der Waals surface area (Å²) in [5, 5.41) is 0. The number of aryl methyl sites for hydroxylation is 2. The summed E-state index contributed by atoms with van der Waals surface area (Å²) in [4.78, 5) is 15.3. The first kappa shape index (κ1) is 15.9. The Balaban J connectivity index is 1.88. The minimum absolute atomic E-state index is 0.112. The van der Waals surface area contributed by atoms with Gasteiger partial charge in [-0.25, -0.2) is 0 Å². The van der Waals surface area contributed by atoms with E-state index in [4.69, 9.17) is 4.74 Å². The Morgan fingerprint density at radius 3 is 2.39 bits per heavy atom. The summed E-state index contributed by atoms with van der Waals surface area (Å²) >= 11 is 0. The van der Waals surface area contributed by atoms with Gasteiger partial charge in [-0.3, -0.25) is 9.69 Å². The van der Waals surface area contributed by atoms with Gasteiger partial charge in [0.2, 0.25) is 0 Å². The summed E-state index contributed by atoms with van der Waals surface area (Å²) in [6.45, 7) is 8.25. The highest BCUT2D eigenvalue weighted by Gasteiger charge is 2.17. The average molecular weight is 309 g/mol. The number of ketones is 1. The van der Waals surface area contributed by atoms with Gasteiger partial charge in [-0.2, -0.15) is 0 Å². The Morgan fingerprint density at radius 2 is 1.70 bits per heavy atom. The third-order valence-electron chi connectivity index (χ3n) is 4.24. The van der Waals surface area contributed by atoms with Crippen molar-refractivity contribution in [3.8, 4) is 0 Å². The monoisotopic (exact) mass is 309 g/mol. The van der Waals surface area contributed by atoms with Crippen molar-refractivity contribution in [2.24, 2.45) is 0 Å². The molecule has 2 aromatic rings. The lowest BCUT2D eigenvalue weighted by atomic mass is 9.95. The van der Waals surface area contributed by atoms with Crippen LogP contribution in [0.4, 0.5) is 0 Å². The molecule has 0 amide bonds. The molecule has 0 bridgehead atoms. The molecule has 0 aliphatic carbocycles. The molecule has 0 N–H and O–H groups in total. The maximum atomic E-state index is 13.0. The molecule has 23 heavy (non-hydrogen) atoms. The van der Waals surface area contributed by atoms with Gasteiger partial charge in [-0.05, 0) is 31.5 Å². The summed E-state index contributed by atoms with van der Waals surface area (Å²) in [6.07, 6.45) is 0. The minimum atomic E-state index is 0.112. The van der Waals surface area contributed by atoms with Gasteiger partial charge in [-0.1, -0.05) is 41.5 Å². The summed E-state index contributed by atoms with van der Waals surface area (Å²) in [5.74, 6) is 0.112. The molecule has 0 saturated carbocycles. The first-order valence-corrected chi connectivity index (χ1v) is 8.14. The van der Waals surface area contributed by atoms with Gasteiger partial charge in [0.1, 0.15) is 0 Å². The molecular weight excluding hydrogens is 286 g/mol. The van der Waals surface area contributed by atoms with Crippen molar-refractivity contribution in [2.75, 3.05) is 26.3 Å². The van der Waals surface area contributed by atoms with Crippen LogP contribution >= 0.6 is 0 Å². The van der Waals surface area contributed by atoms with Crippen LogP contribution in [-0.4, -0.2) is 37.0 Å². The van der Waals surface area contributed by atoms with E-state index in [1.807, 2.05) is 44.2 Å². The van der Waals surface area contributed by atoms with Crippen LogP contribution in [0.15, 0.2) is 42.5 Å². The van der Waals surface area contributed by atoms with E-state index in [9.17, 15) is 4.79 Å². The van der Waals surface area contributed by atoms with E-state index in [2.05, 4.69) is 17.0 Å². The largest absolute Gasteiger partial charge is 0.379 e. The predicted octanol–water partition coefficient (Wildman–Crippen LogP) is 3.37. The van der Waals surface area contributed by atoms with Gasteiger partial charge in [0, 0.05) is 30.8 Å². The van der Waals surface area contributed by atoms with Gasteiger partial charge in [0.05, 0.1) is 13.2 Å². The standard InChI is InChI=1S/C20H23NO2/c1-15-11-16(2)13-18(12-15)20(22)19-6-4-3-5-17(19)14-21-7-9-23-10-8-21/h3-6,11-13H,7-10,14H2,1-2H3.